The Labute approximate surface area is 93.1 Å². The Morgan fingerprint density at radius 1 is 1.38 bits per heavy atom. The van der Waals surface area contributed by atoms with Gasteiger partial charge in [0.1, 0.15) is 0 Å². The monoisotopic (exact) mass is 216 g/mol. The van der Waals surface area contributed by atoms with E-state index in [9.17, 15) is 9.59 Å². The van der Waals surface area contributed by atoms with Crippen LogP contribution in [-0.2, 0) is 9.59 Å². The minimum absolute atomic E-state index is 0.0105. The molecule has 1 saturated heterocycles. The molecule has 0 aromatic rings. The summed E-state index contributed by atoms with van der Waals surface area (Å²) in [6.45, 7) is 0.393. The molecule has 2 heterocycles. The van der Waals surface area contributed by atoms with Crippen LogP contribution in [-0.4, -0.2) is 18.4 Å². The molecule has 2 amide bonds. The van der Waals surface area contributed by atoms with E-state index in [1.165, 1.54) is 6.08 Å². The van der Waals surface area contributed by atoms with Crippen molar-refractivity contribution in [3.8, 4) is 0 Å². The first-order chi connectivity index (χ1) is 7.72. The van der Waals surface area contributed by atoms with Crippen LogP contribution in [0.15, 0.2) is 36.1 Å². The van der Waals surface area contributed by atoms with E-state index in [1.54, 1.807) is 6.08 Å². The van der Waals surface area contributed by atoms with Crippen LogP contribution in [0, 0.1) is 11.3 Å². The largest absolute Gasteiger partial charge is 0.351 e. The third kappa shape index (κ3) is 1.10. The lowest BCUT2D eigenvalue weighted by Crippen LogP contribution is -2.47. The van der Waals surface area contributed by atoms with E-state index in [0.717, 1.165) is 12.1 Å². The van der Waals surface area contributed by atoms with Gasteiger partial charge in [0.05, 0.1) is 5.41 Å². The molecular formula is C12H12N2O2. The average Bonchev–Trinajstić information content (AvgIpc) is 2.57. The Bertz CT molecular complexity index is 462. The molecule has 1 fully saturated rings. The number of nitrogens with one attached hydrogen (secondary N) is 2. The molecule has 0 aromatic carbocycles. The maximum Gasteiger partial charge on any atom is 0.243 e. The van der Waals surface area contributed by atoms with E-state index in [4.69, 9.17) is 0 Å². The van der Waals surface area contributed by atoms with Crippen LogP contribution in [0.4, 0.5) is 0 Å². The van der Waals surface area contributed by atoms with E-state index in [-0.39, 0.29) is 17.7 Å². The zero-order valence-electron chi connectivity index (χ0n) is 8.69. The second-order valence-corrected chi connectivity index (χ2v) is 4.38. The predicted octanol–water partition coefficient (Wildman–Crippen LogP) is 0.249. The van der Waals surface area contributed by atoms with Gasteiger partial charge in [0.15, 0.2) is 0 Å². The van der Waals surface area contributed by atoms with Crippen molar-refractivity contribution < 1.29 is 9.59 Å². The molecule has 0 saturated carbocycles. The summed E-state index contributed by atoms with van der Waals surface area (Å²) >= 11 is 0. The number of amides is 2. The highest BCUT2D eigenvalue weighted by molar-refractivity contribution is 5.96. The van der Waals surface area contributed by atoms with E-state index in [0.29, 0.717) is 6.54 Å². The number of carbonyl (C=O) groups excluding carboxylic acids is 2. The second-order valence-electron chi connectivity index (χ2n) is 4.38. The smallest absolute Gasteiger partial charge is 0.243 e. The van der Waals surface area contributed by atoms with Gasteiger partial charge in [-0.2, -0.15) is 0 Å². The molecular weight excluding hydrogens is 204 g/mol. The van der Waals surface area contributed by atoms with Crippen LogP contribution >= 0.6 is 0 Å². The molecule has 16 heavy (non-hydrogen) atoms. The predicted molar refractivity (Wildman–Crippen MR) is 58.1 cm³/mol. The van der Waals surface area contributed by atoms with Gasteiger partial charge in [0.25, 0.3) is 0 Å². The fourth-order valence-corrected chi connectivity index (χ4v) is 2.62. The van der Waals surface area contributed by atoms with Crippen molar-refractivity contribution in [2.24, 2.45) is 11.3 Å². The molecule has 1 spiro atoms. The summed E-state index contributed by atoms with van der Waals surface area (Å²) in [5.41, 5.74) is 0.387. The summed E-state index contributed by atoms with van der Waals surface area (Å²) < 4.78 is 0. The van der Waals surface area contributed by atoms with Crippen molar-refractivity contribution in [2.45, 2.75) is 6.42 Å². The van der Waals surface area contributed by atoms with Crippen molar-refractivity contribution in [1.82, 2.24) is 10.6 Å². The van der Waals surface area contributed by atoms with Crippen LogP contribution in [0.25, 0.3) is 0 Å². The summed E-state index contributed by atoms with van der Waals surface area (Å²) in [7, 11) is 0. The van der Waals surface area contributed by atoms with E-state index in [1.807, 2.05) is 12.2 Å². The minimum Gasteiger partial charge on any atom is -0.351 e. The number of allylic oxidation sites excluding steroid dienone is 4. The van der Waals surface area contributed by atoms with Crippen LogP contribution in [0.5, 0.6) is 0 Å². The number of hydrogen-bond donors (Lipinski definition) is 2. The van der Waals surface area contributed by atoms with Gasteiger partial charge in [-0.1, -0.05) is 18.2 Å². The first-order valence-electron chi connectivity index (χ1n) is 5.38. The quantitative estimate of drug-likeness (QED) is 0.609. The lowest BCUT2D eigenvalue weighted by Gasteiger charge is -2.32. The zero-order valence-corrected chi connectivity index (χ0v) is 8.69. The van der Waals surface area contributed by atoms with Crippen molar-refractivity contribution in [3.05, 3.63) is 36.1 Å². The molecule has 82 valence electrons. The first kappa shape index (κ1) is 9.39. The number of fused-ring (bicyclic) bond motifs is 2. The Kier molecular flexibility index (Phi) is 1.80. The molecule has 0 radical (unpaired) electrons. The molecule has 1 aliphatic carbocycles. The van der Waals surface area contributed by atoms with Gasteiger partial charge in [0.2, 0.25) is 11.8 Å². The molecule has 3 aliphatic rings. The van der Waals surface area contributed by atoms with E-state index < -0.39 is 5.41 Å². The zero-order chi connectivity index (χ0) is 11.2. The molecule has 0 bridgehead atoms. The van der Waals surface area contributed by atoms with E-state index >= 15 is 0 Å². The second kappa shape index (κ2) is 3.07. The highest BCUT2D eigenvalue weighted by Gasteiger charge is 2.52. The SMILES string of the molecule is O=C1C=CC2(CN1)C(=O)NC1=CC=CCC12. The minimum atomic E-state index is -0.579. The van der Waals surface area contributed by atoms with Crippen molar-refractivity contribution in [3.63, 3.8) is 0 Å². The van der Waals surface area contributed by atoms with Crippen molar-refractivity contribution in [1.29, 1.82) is 0 Å². The Hall–Kier alpha value is -1.84. The van der Waals surface area contributed by atoms with Crippen LogP contribution in [0.3, 0.4) is 0 Å². The van der Waals surface area contributed by atoms with Gasteiger partial charge in [-0.3, -0.25) is 9.59 Å². The fourth-order valence-electron chi connectivity index (χ4n) is 2.62. The molecule has 3 rings (SSSR count). The first-order valence-corrected chi connectivity index (χ1v) is 5.38. The topological polar surface area (TPSA) is 58.2 Å². The van der Waals surface area contributed by atoms with Crippen LogP contribution in [0.1, 0.15) is 6.42 Å². The summed E-state index contributed by atoms with van der Waals surface area (Å²) in [4.78, 5) is 23.2. The summed E-state index contributed by atoms with van der Waals surface area (Å²) in [6.07, 6.45) is 10.0. The molecule has 2 N–H and O–H groups in total. The molecule has 0 aromatic heterocycles. The third-order valence-corrected chi connectivity index (χ3v) is 3.55. The number of hydrogen-bond acceptors (Lipinski definition) is 2. The number of rotatable bonds is 0. The van der Waals surface area contributed by atoms with Crippen LogP contribution < -0.4 is 10.6 Å². The molecule has 2 atom stereocenters. The highest BCUT2D eigenvalue weighted by Crippen LogP contribution is 2.44. The summed E-state index contributed by atoms with van der Waals surface area (Å²) in [5.74, 6) is 0.00718. The van der Waals surface area contributed by atoms with Gasteiger partial charge in [-0.05, 0) is 12.5 Å². The van der Waals surface area contributed by atoms with Gasteiger partial charge in [-0.25, -0.2) is 0 Å². The van der Waals surface area contributed by atoms with E-state index in [2.05, 4.69) is 16.7 Å². The molecule has 4 heteroatoms. The normalized spacial score (nSPS) is 35.8. The molecule has 4 nitrogen and oxygen atoms in total. The van der Waals surface area contributed by atoms with Crippen LogP contribution in [0.2, 0.25) is 0 Å². The standard InChI is InChI=1S/C12H12N2O2/c15-10-5-6-12(7-13-10)8-3-1-2-4-9(8)14-11(12)16/h1-2,4-6,8H,3,7H2,(H,13,15)(H,14,16). The van der Waals surface area contributed by atoms with Gasteiger partial charge in [0, 0.05) is 24.2 Å². The average molecular weight is 216 g/mol. The number of carbonyl (C=O) groups is 2. The van der Waals surface area contributed by atoms with Gasteiger partial charge < -0.3 is 10.6 Å². The lowest BCUT2D eigenvalue weighted by atomic mass is 9.72. The summed E-state index contributed by atoms with van der Waals surface area (Å²) in [6, 6.07) is 0. The van der Waals surface area contributed by atoms with Gasteiger partial charge >= 0.3 is 0 Å². The molecule has 2 unspecified atom stereocenters. The third-order valence-electron chi connectivity index (χ3n) is 3.55. The Morgan fingerprint density at radius 2 is 2.25 bits per heavy atom. The molecule has 2 aliphatic heterocycles. The fraction of sp³-hybridized carbons (Fsp3) is 0.333. The maximum absolute atomic E-state index is 12.0. The Balaban J connectivity index is 2.04. The van der Waals surface area contributed by atoms with Crippen molar-refractivity contribution >= 4 is 11.8 Å². The highest BCUT2D eigenvalue weighted by atomic mass is 16.2. The maximum atomic E-state index is 12.0. The van der Waals surface area contributed by atoms with Gasteiger partial charge in [-0.15, -0.1) is 0 Å². The lowest BCUT2D eigenvalue weighted by molar-refractivity contribution is -0.127. The van der Waals surface area contributed by atoms with Crippen molar-refractivity contribution in [2.75, 3.05) is 6.54 Å². The summed E-state index contributed by atoms with van der Waals surface area (Å²) in [5, 5.41) is 5.64. The Morgan fingerprint density at radius 3 is 3.00 bits per heavy atom.